The lowest BCUT2D eigenvalue weighted by Gasteiger charge is -2.37. The van der Waals surface area contributed by atoms with Crippen molar-refractivity contribution in [3.05, 3.63) is 0 Å². The molecule has 0 amide bonds. The molecule has 0 spiro atoms. The Morgan fingerprint density at radius 3 is 0.529 bits per heavy atom. The van der Waals surface area contributed by atoms with Crippen LogP contribution in [0.5, 0.6) is 0 Å². The Kier molecular flexibility index (Phi) is 20.5. The average Bonchev–Trinajstić information content (AvgIpc) is 3.13. The molecule has 0 rings (SSSR count). The van der Waals surface area contributed by atoms with E-state index in [1.54, 1.807) is 0 Å². The second-order valence-corrected chi connectivity index (χ2v) is 20.1. The molecule has 0 bridgehead atoms. The first-order chi connectivity index (χ1) is 29.6. The molecule has 0 aliphatic heterocycles. The topological polar surface area (TPSA) is 26.0 Å². The Hall–Kier alpha value is -2.13. The van der Waals surface area contributed by atoms with Gasteiger partial charge in [0.15, 0.2) is 0 Å². The van der Waals surface area contributed by atoms with Gasteiger partial charge in [0.25, 0.3) is 0 Å². The van der Waals surface area contributed by atoms with Gasteiger partial charge in [0.05, 0.1) is 0 Å². The minimum absolute atomic E-state index is 0.283. The molecule has 0 saturated carbocycles. The number of alkyl halides is 33. The molecule has 0 radical (unpaired) electrons. The lowest BCUT2D eigenvalue weighted by Crippen LogP contribution is -2.66. The summed E-state index contributed by atoms with van der Waals surface area (Å²) in [7, 11) is -3.49. The number of unbranched alkanes of at least 4 members (excludes halogenated alkanes) is 9. The van der Waals surface area contributed by atoms with Gasteiger partial charge < -0.3 is 5.40 Å². The highest BCUT2D eigenvalue weighted by molar-refractivity contribution is 6.76. The summed E-state index contributed by atoms with van der Waals surface area (Å²) >= 11 is 0. The monoisotopic (exact) mass is 1100 g/mol. The maximum atomic E-state index is 14.0. The van der Waals surface area contributed by atoms with Crippen molar-refractivity contribution in [2.75, 3.05) is 0 Å². The fourth-order valence-electron chi connectivity index (χ4n) is 6.19. The zero-order valence-electron chi connectivity index (χ0n) is 33.8. The first-order valence-corrected chi connectivity index (χ1v) is 21.8. The SMILES string of the molecule is N[Si](CCCCCCC(F)(F)C(F)(F)C(F)(F)C(F)(F)C(F)(F)F)(CCCCCCC(F)(F)C(F)(F)C(F)(F)C(F)(F)C(F)(F)F)CCCCCCC(F)(F)C(F)(F)C(F)(F)C(F)(F)C(F)(F)F. The predicted molar refractivity (Wildman–Crippen MR) is 171 cm³/mol. The molecule has 0 saturated heterocycles. The van der Waals surface area contributed by atoms with E-state index in [4.69, 9.17) is 5.40 Å². The van der Waals surface area contributed by atoms with E-state index in [2.05, 4.69) is 0 Å². The third-order valence-electron chi connectivity index (χ3n) is 10.6. The van der Waals surface area contributed by atoms with Crippen LogP contribution in [0.2, 0.25) is 18.1 Å². The van der Waals surface area contributed by atoms with Gasteiger partial charge in [-0.25, -0.2) is 0 Å². The molecule has 0 aromatic carbocycles. The van der Waals surface area contributed by atoms with Crippen LogP contribution in [0.15, 0.2) is 0 Å². The second-order valence-electron chi connectivity index (χ2n) is 15.9. The van der Waals surface area contributed by atoms with Crippen LogP contribution in [-0.2, 0) is 0 Å². The zero-order valence-corrected chi connectivity index (χ0v) is 34.8. The molecule has 410 valence electrons. The molecule has 0 aliphatic rings. The minimum atomic E-state index is -7.68. The lowest BCUT2D eigenvalue weighted by atomic mass is 9.94. The summed E-state index contributed by atoms with van der Waals surface area (Å²) in [5.41, 5.74) is 0. The Balaban J connectivity index is 5.85. The van der Waals surface area contributed by atoms with E-state index in [9.17, 15) is 145 Å². The van der Waals surface area contributed by atoms with Gasteiger partial charge in [-0.15, -0.1) is 0 Å². The summed E-state index contributed by atoms with van der Waals surface area (Å²) < 4.78 is 437. The Bertz CT molecular complexity index is 1380. The Labute approximate surface area is 363 Å². The highest BCUT2D eigenvalue weighted by Gasteiger charge is 2.89. The van der Waals surface area contributed by atoms with Gasteiger partial charge >= 0.3 is 89.6 Å². The van der Waals surface area contributed by atoms with Crippen LogP contribution in [0, 0.1) is 0 Å². The van der Waals surface area contributed by atoms with Gasteiger partial charge in [0, 0.05) is 19.3 Å². The molecule has 0 aromatic heterocycles. The normalized spacial score (nSPS) is 16.0. The largest absolute Gasteiger partial charge is 0.460 e. The molecule has 2 N–H and O–H groups in total. The molecule has 0 aliphatic carbocycles. The number of hydrogen-bond donors (Lipinski definition) is 1. The number of rotatable bonds is 30. The Morgan fingerprint density at radius 2 is 0.368 bits per heavy atom. The third-order valence-corrected chi connectivity index (χ3v) is 14.6. The van der Waals surface area contributed by atoms with E-state index < -0.39 is 175 Å². The summed E-state index contributed by atoms with van der Waals surface area (Å²) in [5.74, 6) is -86.5. The van der Waals surface area contributed by atoms with Gasteiger partial charge in [-0.05, 0) is 37.4 Å². The fourth-order valence-corrected chi connectivity index (χ4v) is 9.81. The average molecular weight is 1100 g/mol. The molecule has 0 unspecified atom stereocenters. The van der Waals surface area contributed by atoms with Crippen LogP contribution in [-0.4, -0.2) is 97.8 Å². The van der Waals surface area contributed by atoms with E-state index >= 15 is 0 Å². The molecule has 0 aromatic rings. The van der Waals surface area contributed by atoms with Crippen LogP contribution in [0.1, 0.15) is 96.3 Å². The standard InChI is InChI=1S/C33H38F33NSi/c34-19(35,22(40,41)25(46,47)28(52,53)31(58,59)60)13-7-1-4-10-16-68(67,17-11-5-2-8-14-20(36,37)23(42,43)26(48,49)29(54,55)32(61,62)63)18-12-6-3-9-15-21(38,39)24(44,45)27(50,51)30(56,57)33(64,65)66/h1-18,67H2. The van der Waals surface area contributed by atoms with Gasteiger partial charge in [0.2, 0.25) is 0 Å². The number of hydrogen-bond acceptors (Lipinski definition) is 1. The van der Waals surface area contributed by atoms with Gasteiger partial charge in [0.1, 0.15) is 8.24 Å². The van der Waals surface area contributed by atoms with Gasteiger partial charge in [-0.2, -0.15) is 145 Å². The second kappa shape index (κ2) is 21.1. The molecule has 1 nitrogen and oxygen atoms in total. The number of nitrogens with two attached hydrogens (primary N) is 1. The van der Waals surface area contributed by atoms with Crippen LogP contribution in [0.4, 0.5) is 145 Å². The fraction of sp³-hybridized carbons (Fsp3) is 1.00. The van der Waals surface area contributed by atoms with Crippen LogP contribution >= 0.6 is 0 Å². The first kappa shape index (κ1) is 65.9. The summed E-state index contributed by atoms with van der Waals surface area (Å²) in [5, 5.41) is 6.33. The van der Waals surface area contributed by atoms with E-state index in [0.29, 0.717) is 0 Å². The molecule has 35 heteroatoms. The molecule has 0 fully saturated rings. The van der Waals surface area contributed by atoms with Crippen LogP contribution in [0.25, 0.3) is 0 Å². The van der Waals surface area contributed by atoms with E-state index in [1.807, 2.05) is 0 Å². The van der Waals surface area contributed by atoms with Crippen molar-refractivity contribution in [1.82, 2.24) is 0 Å². The van der Waals surface area contributed by atoms with E-state index in [-0.39, 0.29) is 37.4 Å². The predicted octanol–water partition coefficient (Wildman–Crippen LogP) is 17.1. The van der Waals surface area contributed by atoms with Crippen molar-refractivity contribution in [1.29, 1.82) is 0 Å². The zero-order chi connectivity index (χ0) is 54.7. The Morgan fingerprint density at radius 1 is 0.206 bits per heavy atom. The van der Waals surface area contributed by atoms with E-state index in [0.717, 1.165) is 0 Å². The van der Waals surface area contributed by atoms with Crippen molar-refractivity contribution < 1.29 is 145 Å². The molecule has 0 heterocycles. The first-order valence-electron chi connectivity index (χ1n) is 19.1. The summed E-state index contributed by atoms with van der Waals surface area (Å²) in [4.78, 5) is 0. The lowest BCUT2D eigenvalue weighted by molar-refractivity contribution is -0.422. The minimum Gasteiger partial charge on any atom is -0.351 e. The van der Waals surface area contributed by atoms with Crippen molar-refractivity contribution in [3.8, 4) is 0 Å². The summed E-state index contributed by atoms with van der Waals surface area (Å²) in [6, 6.07) is -0.848. The van der Waals surface area contributed by atoms with Crippen molar-refractivity contribution in [3.63, 3.8) is 0 Å². The summed E-state index contributed by atoms with van der Waals surface area (Å²) in [6.45, 7) is 0. The van der Waals surface area contributed by atoms with E-state index in [1.165, 1.54) is 0 Å². The quantitative estimate of drug-likeness (QED) is 0.0433. The van der Waals surface area contributed by atoms with Gasteiger partial charge in [-0.3, -0.25) is 0 Å². The molecular weight excluding hydrogens is 1070 g/mol. The third kappa shape index (κ3) is 13.1. The smallest absolute Gasteiger partial charge is 0.351 e. The molecular formula is C33H38F33NSi. The number of halogens is 33. The van der Waals surface area contributed by atoms with Crippen molar-refractivity contribution >= 4 is 8.24 Å². The van der Waals surface area contributed by atoms with Crippen LogP contribution in [0.3, 0.4) is 0 Å². The van der Waals surface area contributed by atoms with Crippen molar-refractivity contribution in [2.45, 2.75) is 204 Å². The molecule has 68 heavy (non-hydrogen) atoms. The summed E-state index contributed by atoms with van der Waals surface area (Å²) in [6.07, 6.45) is -37.7. The van der Waals surface area contributed by atoms with Crippen LogP contribution < -0.4 is 5.40 Å². The highest BCUT2D eigenvalue weighted by atomic mass is 28.3. The maximum Gasteiger partial charge on any atom is 0.460 e. The highest BCUT2D eigenvalue weighted by Crippen LogP contribution is 2.61. The van der Waals surface area contributed by atoms with Gasteiger partial charge in [-0.1, -0.05) is 57.8 Å². The maximum absolute atomic E-state index is 14.0. The molecule has 0 atom stereocenters. The van der Waals surface area contributed by atoms with Crippen molar-refractivity contribution in [2.24, 2.45) is 5.40 Å².